The third-order valence-electron chi connectivity index (χ3n) is 3.67. The van der Waals surface area contributed by atoms with Crippen LogP contribution < -0.4 is 0 Å². The van der Waals surface area contributed by atoms with E-state index in [2.05, 4.69) is 10.2 Å². The van der Waals surface area contributed by atoms with E-state index in [9.17, 15) is 4.79 Å². The molecule has 6 nitrogen and oxygen atoms in total. The van der Waals surface area contributed by atoms with Crippen molar-refractivity contribution in [3.63, 3.8) is 0 Å². The predicted octanol–water partition coefficient (Wildman–Crippen LogP) is 2.45. The SMILES string of the molecule is CCC(=O)N1CCC(c2nnc(-c3ccco3)o2)CC1. The summed E-state index contributed by atoms with van der Waals surface area (Å²) in [5.74, 6) is 2.08. The highest BCUT2D eigenvalue weighted by molar-refractivity contribution is 5.75. The number of hydrogen-bond donors (Lipinski definition) is 0. The summed E-state index contributed by atoms with van der Waals surface area (Å²) in [5, 5.41) is 8.12. The first-order valence-electron chi connectivity index (χ1n) is 6.93. The molecule has 0 atom stereocenters. The molecular formula is C14H17N3O3. The molecule has 20 heavy (non-hydrogen) atoms. The maximum Gasteiger partial charge on any atom is 0.283 e. The molecule has 0 bridgehead atoms. The zero-order valence-electron chi connectivity index (χ0n) is 11.4. The van der Waals surface area contributed by atoms with E-state index in [1.165, 1.54) is 0 Å². The minimum Gasteiger partial charge on any atom is -0.459 e. The number of carbonyl (C=O) groups excluding carboxylic acids is 1. The van der Waals surface area contributed by atoms with Gasteiger partial charge in [-0.15, -0.1) is 10.2 Å². The monoisotopic (exact) mass is 275 g/mol. The van der Waals surface area contributed by atoms with Gasteiger partial charge in [0.05, 0.1) is 6.26 Å². The second-order valence-corrected chi connectivity index (χ2v) is 4.93. The fourth-order valence-corrected chi connectivity index (χ4v) is 2.50. The summed E-state index contributed by atoms with van der Waals surface area (Å²) in [6.45, 7) is 3.41. The molecule has 6 heteroatoms. The summed E-state index contributed by atoms with van der Waals surface area (Å²) in [7, 11) is 0. The number of carbonyl (C=O) groups is 1. The number of piperidine rings is 1. The number of nitrogens with zero attached hydrogens (tertiary/aromatic N) is 3. The van der Waals surface area contributed by atoms with Crippen molar-refractivity contribution in [2.45, 2.75) is 32.1 Å². The van der Waals surface area contributed by atoms with Crippen LogP contribution in [0, 0.1) is 0 Å². The van der Waals surface area contributed by atoms with Gasteiger partial charge < -0.3 is 13.7 Å². The van der Waals surface area contributed by atoms with Gasteiger partial charge in [-0.1, -0.05) is 6.92 Å². The van der Waals surface area contributed by atoms with Gasteiger partial charge in [0, 0.05) is 25.4 Å². The van der Waals surface area contributed by atoms with Crippen LogP contribution in [0.15, 0.2) is 27.2 Å². The largest absolute Gasteiger partial charge is 0.459 e. The van der Waals surface area contributed by atoms with E-state index in [4.69, 9.17) is 8.83 Å². The molecular weight excluding hydrogens is 258 g/mol. The number of amides is 1. The number of likely N-dealkylation sites (tertiary alicyclic amines) is 1. The van der Waals surface area contributed by atoms with Gasteiger partial charge in [-0.25, -0.2) is 0 Å². The molecule has 1 aliphatic rings. The van der Waals surface area contributed by atoms with E-state index in [1.54, 1.807) is 18.4 Å². The van der Waals surface area contributed by atoms with Gasteiger partial charge in [-0.3, -0.25) is 4.79 Å². The van der Waals surface area contributed by atoms with Crippen LogP contribution in [0.5, 0.6) is 0 Å². The van der Waals surface area contributed by atoms with Crippen molar-refractivity contribution in [3.05, 3.63) is 24.3 Å². The first-order chi connectivity index (χ1) is 9.78. The zero-order valence-corrected chi connectivity index (χ0v) is 11.4. The summed E-state index contributed by atoms with van der Waals surface area (Å²) >= 11 is 0. The van der Waals surface area contributed by atoms with Gasteiger partial charge in [0.1, 0.15) is 0 Å². The lowest BCUT2D eigenvalue weighted by atomic mass is 9.96. The van der Waals surface area contributed by atoms with Crippen LogP contribution in [0.1, 0.15) is 38.0 Å². The van der Waals surface area contributed by atoms with Crippen LogP contribution >= 0.6 is 0 Å². The predicted molar refractivity (Wildman–Crippen MR) is 70.8 cm³/mol. The lowest BCUT2D eigenvalue weighted by molar-refractivity contribution is -0.131. The molecule has 106 valence electrons. The van der Waals surface area contributed by atoms with Gasteiger partial charge in [0.15, 0.2) is 5.76 Å². The second-order valence-electron chi connectivity index (χ2n) is 4.93. The van der Waals surface area contributed by atoms with Crippen LogP contribution in [0.4, 0.5) is 0 Å². The van der Waals surface area contributed by atoms with E-state index in [0.29, 0.717) is 24.0 Å². The summed E-state index contributed by atoms with van der Waals surface area (Å²) in [6, 6.07) is 3.58. The van der Waals surface area contributed by atoms with E-state index in [-0.39, 0.29) is 11.8 Å². The minimum atomic E-state index is 0.213. The van der Waals surface area contributed by atoms with Crippen molar-refractivity contribution in [2.75, 3.05) is 13.1 Å². The average molecular weight is 275 g/mol. The van der Waals surface area contributed by atoms with Crippen molar-refractivity contribution in [2.24, 2.45) is 0 Å². The third kappa shape index (κ3) is 2.45. The zero-order chi connectivity index (χ0) is 13.9. The standard InChI is InChI=1S/C14H17N3O3/c1-2-12(18)17-7-5-10(6-8-17)13-15-16-14(20-13)11-4-3-9-19-11/h3-4,9-10H,2,5-8H2,1H3. The van der Waals surface area contributed by atoms with Crippen molar-refractivity contribution in [1.29, 1.82) is 0 Å². The molecule has 3 heterocycles. The topological polar surface area (TPSA) is 72.4 Å². The van der Waals surface area contributed by atoms with E-state index >= 15 is 0 Å². The lowest BCUT2D eigenvalue weighted by Gasteiger charge is -2.30. The Morgan fingerprint density at radius 2 is 2.20 bits per heavy atom. The second kappa shape index (κ2) is 5.48. The van der Waals surface area contributed by atoms with Gasteiger partial charge in [-0.2, -0.15) is 0 Å². The Hall–Kier alpha value is -2.11. The number of furan rings is 1. The average Bonchev–Trinajstić information content (AvgIpc) is 3.17. The van der Waals surface area contributed by atoms with Crippen LogP contribution in [0.2, 0.25) is 0 Å². The molecule has 0 aromatic carbocycles. The smallest absolute Gasteiger partial charge is 0.283 e. The normalized spacial score (nSPS) is 16.6. The first kappa shape index (κ1) is 12.9. The van der Waals surface area contributed by atoms with Gasteiger partial charge >= 0.3 is 0 Å². The molecule has 1 saturated heterocycles. The Labute approximate surface area is 116 Å². The Morgan fingerprint density at radius 1 is 1.40 bits per heavy atom. The molecule has 0 N–H and O–H groups in total. The Kier molecular flexibility index (Phi) is 3.54. The minimum absolute atomic E-state index is 0.213. The highest BCUT2D eigenvalue weighted by Crippen LogP contribution is 2.29. The molecule has 0 radical (unpaired) electrons. The third-order valence-corrected chi connectivity index (χ3v) is 3.67. The molecule has 0 saturated carbocycles. The summed E-state index contributed by atoms with van der Waals surface area (Å²) in [6.07, 6.45) is 3.87. The summed E-state index contributed by atoms with van der Waals surface area (Å²) < 4.78 is 10.9. The van der Waals surface area contributed by atoms with E-state index in [0.717, 1.165) is 25.9 Å². The molecule has 2 aromatic rings. The Morgan fingerprint density at radius 3 is 2.85 bits per heavy atom. The first-order valence-corrected chi connectivity index (χ1v) is 6.93. The molecule has 2 aromatic heterocycles. The molecule has 1 aliphatic heterocycles. The Bertz CT molecular complexity index is 568. The van der Waals surface area contributed by atoms with E-state index < -0.39 is 0 Å². The van der Waals surface area contributed by atoms with Crippen molar-refractivity contribution in [1.82, 2.24) is 15.1 Å². The molecule has 1 fully saturated rings. The summed E-state index contributed by atoms with van der Waals surface area (Å²) in [4.78, 5) is 13.5. The number of hydrogen-bond acceptors (Lipinski definition) is 5. The highest BCUT2D eigenvalue weighted by atomic mass is 16.4. The van der Waals surface area contributed by atoms with Crippen LogP contribution in [0.3, 0.4) is 0 Å². The summed E-state index contributed by atoms with van der Waals surface area (Å²) in [5.41, 5.74) is 0. The number of rotatable bonds is 3. The molecule has 3 rings (SSSR count). The van der Waals surface area contributed by atoms with Gasteiger partial charge in [0.25, 0.3) is 5.89 Å². The van der Waals surface area contributed by atoms with E-state index in [1.807, 2.05) is 11.8 Å². The van der Waals surface area contributed by atoms with Crippen LogP contribution in [-0.4, -0.2) is 34.1 Å². The molecule has 0 spiro atoms. The fourth-order valence-electron chi connectivity index (χ4n) is 2.50. The lowest BCUT2D eigenvalue weighted by Crippen LogP contribution is -2.37. The van der Waals surface area contributed by atoms with Gasteiger partial charge in [-0.05, 0) is 25.0 Å². The van der Waals surface area contributed by atoms with Crippen molar-refractivity contribution >= 4 is 5.91 Å². The fraction of sp³-hybridized carbons (Fsp3) is 0.500. The van der Waals surface area contributed by atoms with Crippen LogP contribution in [-0.2, 0) is 4.79 Å². The quantitative estimate of drug-likeness (QED) is 0.860. The maximum absolute atomic E-state index is 11.6. The van der Waals surface area contributed by atoms with Crippen LogP contribution in [0.25, 0.3) is 11.7 Å². The van der Waals surface area contributed by atoms with Gasteiger partial charge in [0.2, 0.25) is 11.8 Å². The Balaban J connectivity index is 1.65. The molecule has 0 unspecified atom stereocenters. The van der Waals surface area contributed by atoms with Crippen molar-refractivity contribution in [3.8, 4) is 11.7 Å². The van der Waals surface area contributed by atoms with Crippen molar-refractivity contribution < 1.29 is 13.6 Å². The molecule has 0 aliphatic carbocycles. The number of aromatic nitrogens is 2. The highest BCUT2D eigenvalue weighted by Gasteiger charge is 2.27. The maximum atomic E-state index is 11.6. The molecule has 1 amide bonds.